The van der Waals surface area contributed by atoms with Gasteiger partial charge >= 0.3 is 5.97 Å². The average molecular weight is 287 g/mol. The standard InChI is InChI=1S/C16H21N3O2/c1-5-21-16(20)13-8-6-7-9-15(13)17-11(2)14-10-19(4)18-12(14)3/h6-11,17H,5H2,1-4H3. The Morgan fingerprint density at radius 1 is 1.43 bits per heavy atom. The van der Waals surface area contributed by atoms with Crippen molar-refractivity contribution in [3.05, 3.63) is 47.3 Å². The minimum Gasteiger partial charge on any atom is -0.462 e. The van der Waals surface area contributed by atoms with Crippen LogP contribution in [0.2, 0.25) is 0 Å². The summed E-state index contributed by atoms with van der Waals surface area (Å²) in [5.74, 6) is -0.310. The number of anilines is 1. The Balaban J connectivity index is 2.23. The van der Waals surface area contributed by atoms with E-state index in [2.05, 4.69) is 10.4 Å². The van der Waals surface area contributed by atoms with Crippen LogP contribution in [0.4, 0.5) is 5.69 Å². The zero-order valence-corrected chi connectivity index (χ0v) is 12.9. The van der Waals surface area contributed by atoms with Crippen LogP contribution in [0.1, 0.15) is 41.5 Å². The van der Waals surface area contributed by atoms with Gasteiger partial charge in [0.1, 0.15) is 0 Å². The predicted octanol–water partition coefficient (Wildman–Crippen LogP) is 3.08. The van der Waals surface area contributed by atoms with Gasteiger partial charge in [-0.3, -0.25) is 4.68 Å². The summed E-state index contributed by atoms with van der Waals surface area (Å²) in [7, 11) is 1.90. The lowest BCUT2D eigenvalue weighted by Crippen LogP contribution is -2.12. The topological polar surface area (TPSA) is 56.1 Å². The minimum absolute atomic E-state index is 0.0503. The van der Waals surface area contributed by atoms with Crippen LogP contribution < -0.4 is 5.32 Å². The number of aryl methyl sites for hydroxylation is 2. The van der Waals surface area contributed by atoms with Crippen molar-refractivity contribution in [1.82, 2.24) is 9.78 Å². The van der Waals surface area contributed by atoms with Gasteiger partial charge in [-0.05, 0) is 32.9 Å². The van der Waals surface area contributed by atoms with E-state index in [0.717, 1.165) is 16.9 Å². The molecule has 0 aliphatic carbocycles. The largest absolute Gasteiger partial charge is 0.462 e. The molecule has 5 nitrogen and oxygen atoms in total. The zero-order chi connectivity index (χ0) is 15.4. The molecule has 0 radical (unpaired) electrons. The molecule has 1 aromatic heterocycles. The molecule has 112 valence electrons. The van der Waals surface area contributed by atoms with E-state index in [-0.39, 0.29) is 12.0 Å². The summed E-state index contributed by atoms with van der Waals surface area (Å²) in [6.07, 6.45) is 1.99. The Morgan fingerprint density at radius 2 is 2.14 bits per heavy atom. The second-order valence-electron chi connectivity index (χ2n) is 4.98. The van der Waals surface area contributed by atoms with Gasteiger partial charge in [0.05, 0.1) is 23.9 Å². The molecule has 1 unspecified atom stereocenters. The quantitative estimate of drug-likeness (QED) is 0.859. The maximum absolute atomic E-state index is 12.0. The molecule has 0 saturated carbocycles. The molecular weight excluding hydrogens is 266 g/mol. The Hall–Kier alpha value is -2.30. The van der Waals surface area contributed by atoms with Crippen LogP contribution in [0.25, 0.3) is 0 Å². The maximum Gasteiger partial charge on any atom is 0.340 e. The van der Waals surface area contributed by atoms with Crippen molar-refractivity contribution < 1.29 is 9.53 Å². The van der Waals surface area contributed by atoms with Crippen LogP contribution in [0.15, 0.2) is 30.5 Å². The normalized spacial score (nSPS) is 12.0. The van der Waals surface area contributed by atoms with E-state index in [1.54, 1.807) is 17.7 Å². The summed E-state index contributed by atoms with van der Waals surface area (Å²) >= 11 is 0. The average Bonchev–Trinajstić information content (AvgIpc) is 2.78. The van der Waals surface area contributed by atoms with E-state index in [0.29, 0.717) is 12.2 Å². The predicted molar refractivity (Wildman–Crippen MR) is 82.4 cm³/mol. The highest BCUT2D eigenvalue weighted by Gasteiger charge is 2.16. The smallest absolute Gasteiger partial charge is 0.340 e. The molecule has 1 atom stereocenters. The Bertz CT molecular complexity index is 634. The molecule has 0 fully saturated rings. The number of aromatic nitrogens is 2. The molecule has 0 amide bonds. The second-order valence-corrected chi connectivity index (χ2v) is 4.98. The number of rotatable bonds is 5. The van der Waals surface area contributed by atoms with Gasteiger partial charge in [-0.15, -0.1) is 0 Å². The van der Waals surface area contributed by atoms with Crippen molar-refractivity contribution in [2.24, 2.45) is 7.05 Å². The van der Waals surface area contributed by atoms with Crippen LogP contribution in [0, 0.1) is 6.92 Å². The highest BCUT2D eigenvalue weighted by Crippen LogP contribution is 2.24. The van der Waals surface area contributed by atoms with Crippen LogP contribution in [-0.2, 0) is 11.8 Å². The molecule has 5 heteroatoms. The van der Waals surface area contributed by atoms with E-state index in [4.69, 9.17) is 4.74 Å². The fourth-order valence-electron chi connectivity index (χ4n) is 2.35. The van der Waals surface area contributed by atoms with Crippen molar-refractivity contribution in [3.63, 3.8) is 0 Å². The lowest BCUT2D eigenvalue weighted by Gasteiger charge is -2.17. The molecule has 0 aliphatic heterocycles. The molecule has 1 aromatic carbocycles. The molecule has 1 heterocycles. The number of nitrogens with zero attached hydrogens (tertiary/aromatic N) is 2. The first-order chi connectivity index (χ1) is 10.0. The van der Waals surface area contributed by atoms with Crippen molar-refractivity contribution in [2.45, 2.75) is 26.8 Å². The summed E-state index contributed by atoms with van der Waals surface area (Å²) in [5, 5.41) is 7.71. The first kappa shape index (κ1) is 15.1. The van der Waals surface area contributed by atoms with Gasteiger partial charge < -0.3 is 10.1 Å². The number of ether oxygens (including phenoxy) is 1. The minimum atomic E-state index is -0.310. The number of carbonyl (C=O) groups excluding carboxylic acids is 1. The van der Waals surface area contributed by atoms with Gasteiger partial charge in [0, 0.05) is 24.5 Å². The highest BCUT2D eigenvalue weighted by atomic mass is 16.5. The molecular formula is C16H21N3O2. The molecule has 21 heavy (non-hydrogen) atoms. The highest BCUT2D eigenvalue weighted by molar-refractivity contribution is 5.95. The van der Waals surface area contributed by atoms with Crippen molar-refractivity contribution >= 4 is 11.7 Å². The summed E-state index contributed by atoms with van der Waals surface area (Å²) in [4.78, 5) is 12.0. The second kappa shape index (κ2) is 6.43. The number of esters is 1. The van der Waals surface area contributed by atoms with Gasteiger partial charge in [0.2, 0.25) is 0 Å². The fourth-order valence-corrected chi connectivity index (χ4v) is 2.35. The van der Waals surface area contributed by atoms with E-state index < -0.39 is 0 Å². The third kappa shape index (κ3) is 3.42. The van der Waals surface area contributed by atoms with E-state index >= 15 is 0 Å². The van der Waals surface area contributed by atoms with Crippen LogP contribution in [-0.4, -0.2) is 22.4 Å². The summed E-state index contributed by atoms with van der Waals surface area (Å²) in [6.45, 7) is 6.19. The molecule has 0 bridgehead atoms. The first-order valence-electron chi connectivity index (χ1n) is 7.05. The number of nitrogens with one attached hydrogen (secondary N) is 1. The fraction of sp³-hybridized carbons (Fsp3) is 0.375. The van der Waals surface area contributed by atoms with E-state index in [9.17, 15) is 4.79 Å². The summed E-state index contributed by atoms with van der Waals surface area (Å²) in [5.41, 5.74) is 3.40. The first-order valence-corrected chi connectivity index (χ1v) is 7.05. The van der Waals surface area contributed by atoms with E-state index in [1.807, 2.05) is 45.3 Å². The van der Waals surface area contributed by atoms with Crippen molar-refractivity contribution in [2.75, 3.05) is 11.9 Å². The lowest BCUT2D eigenvalue weighted by atomic mass is 10.1. The third-order valence-electron chi connectivity index (χ3n) is 3.31. The molecule has 0 aliphatic rings. The Labute approximate surface area is 124 Å². The van der Waals surface area contributed by atoms with Gasteiger partial charge in [0.25, 0.3) is 0 Å². The summed E-state index contributed by atoms with van der Waals surface area (Å²) < 4.78 is 6.88. The van der Waals surface area contributed by atoms with Gasteiger partial charge in [-0.2, -0.15) is 5.10 Å². The lowest BCUT2D eigenvalue weighted by molar-refractivity contribution is 0.0527. The monoisotopic (exact) mass is 287 g/mol. The van der Waals surface area contributed by atoms with Crippen molar-refractivity contribution in [1.29, 1.82) is 0 Å². The molecule has 2 rings (SSSR count). The maximum atomic E-state index is 12.0. The zero-order valence-electron chi connectivity index (χ0n) is 12.9. The number of hydrogen-bond donors (Lipinski definition) is 1. The van der Waals surface area contributed by atoms with Crippen LogP contribution >= 0.6 is 0 Å². The Kier molecular flexibility index (Phi) is 4.62. The number of benzene rings is 1. The number of hydrogen-bond acceptors (Lipinski definition) is 4. The van der Waals surface area contributed by atoms with Crippen molar-refractivity contribution in [3.8, 4) is 0 Å². The number of carbonyl (C=O) groups is 1. The van der Waals surface area contributed by atoms with E-state index in [1.165, 1.54) is 0 Å². The van der Waals surface area contributed by atoms with Gasteiger partial charge in [-0.1, -0.05) is 12.1 Å². The van der Waals surface area contributed by atoms with Gasteiger partial charge in [-0.25, -0.2) is 4.79 Å². The number of para-hydroxylation sites is 1. The summed E-state index contributed by atoms with van der Waals surface area (Å²) in [6, 6.07) is 7.43. The van der Waals surface area contributed by atoms with Gasteiger partial charge in [0.15, 0.2) is 0 Å². The Morgan fingerprint density at radius 3 is 2.76 bits per heavy atom. The molecule has 1 N–H and O–H groups in total. The third-order valence-corrected chi connectivity index (χ3v) is 3.31. The molecule has 2 aromatic rings. The van der Waals surface area contributed by atoms with Crippen LogP contribution in [0.3, 0.4) is 0 Å². The molecule has 0 spiro atoms. The SMILES string of the molecule is CCOC(=O)c1ccccc1NC(C)c1cn(C)nc1C. The van der Waals surface area contributed by atoms with Crippen LogP contribution in [0.5, 0.6) is 0 Å². The molecule has 0 saturated heterocycles.